The Bertz CT molecular complexity index is 849. The fraction of sp³-hybridized carbons (Fsp3) is 0.381. The first-order valence-electron chi connectivity index (χ1n) is 9.20. The highest BCUT2D eigenvalue weighted by atomic mass is 35.5. The Morgan fingerprint density at radius 3 is 2.45 bits per heavy atom. The Hall–Kier alpha value is -2.64. The van der Waals surface area contributed by atoms with Gasteiger partial charge in [-0.25, -0.2) is 4.79 Å². The molecule has 7 nitrogen and oxygen atoms in total. The lowest BCUT2D eigenvalue weighted by molar-refractivity contribution is -0.384. The van der Waals surface area contributed by atoms with Gasteiger partial charge in [-0.05, 0) is 50.5 Å². The van der Waals surface area contributed by atoms with Gasteiger partial charge in [-0.15, -0.1) is 0 Å². The molecule has 0 spiro atoms. The number of aliphatic hydroxyl groups excluding tert-OH is 1. The number of aliphatic hydroxyl groups is 1. The average Bonchev–Trinajstić information content (AvgIpc) is 2.63. The SMILES string of the molecule is CC(C)(C)OC(=O)N(CCc1ccc([N+](=O)[O-])cc1)C[C@H](O)c1cccc(Cl)c1. The lowest BCUT2D eigenvalue weighted by Crippen LogP contribution is -2.40. The van der Waals surface area contributed by atoms with E-state index in [1.54, 1.807) is 57.2 Å². The number of amides is 1. The molecule has 0 unspecified atom stereocenters. The summed E-state index contributed by atoms with van der Waals surface area (Å²) in [7, 11) is 0. The third-order valence-electron chi connectivity index (χ3n) is 4.10. The number of nitro groups is 1. The third kappa shape index (κ3) is 7.36. The van der Waals surface area contributed by atoms with Crippen LogP contribution in [0, 0.1) is 10.1 Å². The molecule has 0 aliphatic heterocycles. The fourth-order valence-corrected chi connectivity index (χ4v) is 2.86. The summed E-state index contributed by atoms with van der Waals surface area (Å²) in [5, 5.41) is 21.9. The second-order valence-electron chi connectivity index (χ2n) is 7.67. The first kappa shape index (κ1) is 22.6. The van der Waals surface area contributed by atoms with Crippen LogP contribution in [0.2, 0.25) is 5.02 Å². The molecular formula is C21H25ClN2O5. The maximum atomic E-state index is 12.6. The molecule has 0 bridgehead atoms. The maximum Gasteiger partial charge on any atom is 0.410 e. The zero-order valence-electron chi connectivity index (χ0n) is 16.7. The van der Waals surface area contributed by atoms with E-state index in [0.29, 0.717) is 17.0 Å². The largest absolute Gasteiger partial charge is 0.444 e. The molecule has 2 aromatic carbocycles. The summed E-state index contributed by atoms with van der Waals surface area (Å²) >= 11 is 5.99. The maximum absolute atomic E-state index is 12.6. The van der Waals surface area contributed by atoms with Crippen molar-refractivity contribution in [2.75, 3.05) is 13.1 Å². The summed E-state index contributed by atoms with van der Waals surface area (Å²) in [6.45, 7) is 5.62. The van der Waals surface area contributed by atoms with E-state index < -0.39 is 22.7 Å². The lowest BCUT2D eigenvalue weighted by Gasteiger charge is -2.29. The molecule has 2 rings (SSSR count). The van der Waals surface area contributed by atoms with E-state index in [0.717, 1.165) is 5.56 Å². The second kappa shape index (κ2) is 9.71. The molecule has 1 atom stereocenters. The number of non-ortho nitro benzene ring substituents is 1. The first-order valence-corrected chi connectivity index (χ1v) is 9.58. The number of halogens is 1. The number of carbonyl (C=O) groups excluding carboxylic acids is 1. The van der Waals surface area contributed by atoms with Gasteiger partial charge in [0, 0.05) is 23.7 Å². The lowest BCUT2D eigenvalue weighted by atomic mass is 10.1. The van der Waals surface area contributed by atoms with Crippen LogP contribution >= 0.6 is 11.6 Å². The van der Waals surface area contributed by atoms with Gasteiger partial charge in [0.2, 0.25) is 0 Å². The van der Waals surface area contributed by atoms with Crippen molar-refractivity contribution in [2.45, 2.75) is 38.9 Å². The molecule has 1 N–H and O–H groups in total. The minimum atomic E-state index is -0.932. The minimum absolute atomic E-state index is 0.00845. The second-order valence-corrected chi connectivity index (χ2v) is 8.11. The van der Waals surface area contributed by atoms with E-state index in [-0.39, 0.29) is 18.8 Å². The van der Waals surface area contributed by atoms with Gasteiger partial charge >= 0.3 is 6.09 Å². The van der Waals surface area contributed by atoms with E-state index >= 15 is 0 Å². The number of hydrogen-bond donors (Lipinski definition) is 1. The third-order valence-corrected chi connectivity index (χ3v) is 4.33. The molecule has 1 amide bonds. The van der Waals surface area contributed by atoms with Crippen LogP contribution in [0.5, 0.6) is 0 Å². The quantitative estimate of drug-likeness (QED) is 0.514. The molecule has 0 saturated carbocycles. The van der Waals surface area contributed by atoms with Gasteiger partial charge in [0.25, 0.3) is 5.69 Å². The minimum Gasteiger partial charge on any atom is -0.444 e. The van der Waals surface area contributed by atoms with Crippen LogP contribution in [0.3, 0.4) is 0 Å². The molecular weight excluding hydrogens is 396 g/mol. The summed E-state index contributed by atoms with van der Waals surface area (Å²) in [6.07, 6.45) is -1.02. The van der Waals surface area contributed by atoms with Crippen LogP contribution in [-0.2, 0) is 11.2 Å². The van der Waals surface area contributed by atoms with Crippen LogP contribution < -0.4 is 0 Å². The molecule has 0 radical (unpaired) electrons. The average molecular weight is 421 g/mol. The Kier molecular flexibility index (Phi) is 7.59. The van der Waals surface area contributed by atoms with Crippen molar-refractivity contribution in [3.8, 4) is 0 Å². The van der Waals surface area contributed by atoms with Gasteiger partial charge in [0.1, 0.15) is 5.60 Å². The van der Waals surface area contributed by atoms with Crippen molar-refractivity contribution in [1.82, 2.24) is 4.90 Å². The van der Waals surface area contributed by atoms with E-state index in [4.69, 9.17) is 16.3 Å². The normalized spacial score (nSPS) is 12.3. The smallest absolute Gasteiger partial charge is 0.410 e. The molecule has 0 aliphatic carbocycles. The highest BCUT2D eigenvalue weighted by Gasteiger charge is 2.24. The molecule has 8 heteroatoms. The van der Waals surface area contributed by atoms with Crippen LogP contribution in [0.25, 0.3) is 0 Å². The van der Waals surface area contributed by atoms with Crippen molar-refractivity contribution in [1.29, 1.82) is 0 Å². The molecule has 2 aromatic rings. The van der Waals surface area contributed by atoms with Gasteiger partial charge in [-0.3, -0.25) is 10.1 Å². The van der Waals surface area contributed by atoms with Crippen LogP contribution in [0.4, 0.5) is 10.5 Å². The van der Waals surface area contributed by atoms with Crippen molar-refractivity contribution in [3.63, 3.8) is 0 Å². The highest BCUT2D eigenvalue weighted by Crippen LogP contribution is 2.20. The van der Waals surface area contributed by atoms with E-state index in [1.807, 2.05) is 0 Å². The molecule has 0 aliphatic rings. The Morgan fingerprint density at radius 1 is 1.24 bits per heavy atom. The zero-order chi connectivity index (χ0) is 21.6. The summed E-state index contributed by atoms with van der Waals surface area (Å²) < 4.78 is 5.46. The number of benzene rings is 2. The van der Waals surface area contributed by atoms with E-state index in [1.165, 1.54) is 17.0 Å². The predicted octanol–water partition coefficient (Wildman–Crippen LogP) is 4.76. The van der Waals surface area contributed by atoms with Gasteiger partial charge < -0.3 is 14.7 Å². The number of nitro benzene ring substituents is 1. The van der Waals surface area contributed by atoms with Gasteiger partial charge in [0.15, 0.2) is 0 Å². The Labute approximate surface area is 175 Å². The van der Waals surface area contributed by atoms with Crippen molar-refractivity contribution >= 4 is 23.4 Å². The van der Waals surface area contributed by atoms with Crippen molar-refractivity contribution < 1.29 is 19.6 Å². The monoisotopic (exact) mass is 420 g/mol. The number of ether oxygens (including phenoxy) is 1. The topological polar surface area (TPSA) is 92.9 Å². The molecule has 29 heavy (non-hydrogen) atoms. The molecule has 156 valence electrons. The molecule has 0 fully saturated rings. The molecule has 0 heterocycles. The van der Waals surface area contributed by atoms with E-state index in [2.05, 4.69) is 0 Å². The van der Waals surface area contributed by atoms with Crippen LogP contribution in [-0.4, -0.2) is 39.7 Å². The van der Waals surface area contributed by atoms with Gasteiger partial charge in [-0.2, -0.15) is 0 Å². The fourth-order valence-electron chi connectivity index (χ4n) is 2.66. The number of carbonyl (C=O) groups is 1. The van der Waals surface area contributed by atoms with Crippen LogP contribution in [0.15, 0.2) is 48.5 Å². The number of nitrogens with zero attached hydrogens (tertiary/aromatic N) is 2. The van der Waals surface area contributed by atoms with Crippen LogP contribution in [0.1, 0.15) is 38.0 Å². The van der Waals surface area contributed by atoms with Crippen molar-refractivity contribution in [3.05, 3.63) is 74.8 Å². The summed E-state index contributed by atoms with van der Waals surface area (Å²) in [4.78, 5) is 24.4. The highest BCUT2D eigenvalue weighted by molar-refractivity contribution is 6.30. The van der Waals surface area contributed by atoms with Gasteiger partial charge in [-0.1, -0.05) is 35.9 Å². The zero-order valence-corrected chi connectivity index (χ0v) is 17.4. The summed E-state index contributed by atoms with van der Waals surface area (Å²) in [5.74, 6) is 0. The van der Waals surface area contributed by atoms with E-state index in [9.17, 15) is 20.0 Å². The Morgan fingerprint density at radius 2 is 1.90 bits per heavy atom. The van der Waals surface area contributed by atoms with Crippen molar-refractivity contribution in [2.24, 2.45) is 0 Å². The summed E-state index contributed by atoms with van der Waals surface area (Å²) in [6, 6.07) is 13.0. The Balaban J connectivity index is 2.11. The molecule has 0 aromatic heterocycles. The first-order chi connectivity index (χ1) is 13.5. The van der Waals surface area contributed by atoms with Gasteiger partial charge in [0.05, 0.1) is 17.6 Å². The molecule has 0 saturated heterocycles. The number of rotatable bonds is 7. The number of hydrogen-bond acceptors (Lipinski definition) is 5. The predicted molar refractivity (Wildman–Crippen MR) is 111 cm³/mol. The standard InChI is InChI=1S/C21H25ClN2O5/c1-21(2,3)29-20(26)23(14-19(25)16-5-4-6-17(22)13-16)12-11-15-7-9-18(10-8-15)24(27)28/h4-10,13,19,25H,11-12,14H2,1-3H3/t19-/m0/s1. The summed E-state index contributed by atoms with van der Waals surface area (Å²) in [5.41, 5.74) is 0.765.